The molecule has 3 rings (SSSR count). The van der Waals surface area contributed by atoms with Crippen LogP contribution >= 0.6 is 0 Å². The number of benzene rings is 1. The molecule has 122 valence electrons. The Hall–Kier alpha value is -3.43. The smallest absolute Gasteiger partial charge is 0.278 e. The van der Waals surface area contributed by atoms with E-state index < -0.39 is 17.5 Å². The van der Waals surface area contributed by atoms with Crippen LogP contribution in [0.1, 0.15) is 10.5 Å². The zero-order chi connectivity index (χ0) is 17.3. The van der Waals surface area contributed by atoms with Crippen molar-refractivity contribution >= 4 is 11.9 Å². The fourth-order valence-electron chi connectivity index (χ4n) is 1.94. The van der Waals surface area contributed by atoms with Gasteiger partial charge in [0.15, 0.2) is 5.82 Å². The van der Waals surface area contributed by atoms with E-state index in [4.69, 9.17) is 0 Å². The van der Waals surface area contributed by atoms with Crippen molar-refractivity contribution in [3.8, 4) is 11.4 Å². The van der Waals surface area contributed by atoms with Crippen LogP contribution in [0.4, 0.5) is 14.7 Å². The number of carbonyl (C=O) groups excluding carboxylic acids is 1. The molecule has 10 heteroatoms. The van der Waals surface area contributed by atoms with Crippen LogP contribution in [0.3, 0.4) is 0 Å². The Morgan fingerprint density at radius 3 is 2.58 bits per heavy atom. The topological polar surface area (TPSA) is 106 Å². The number of aromatic nitrogens is 5. The lowest BCUT2D eigenvalue weighted by Gasteiger charge is -2.02. The third-order valence-corrected chi connectivity index (χ3v) is 3.10. The van der Waals surface area contributed by atoms with Gasteiger partial charge in [-0.1, -0.05) is 6.07 Å². The summed E-state index contributed by atoms with van der Waals surface area (Å²) in [6, 6.07) is 5.79. The summed E-state index contributed by atoms with van der Waals surface area (Å²) in [7, 11) is 1.39. The molecule has 0 bridgehead atoms. The molecule has 1 amide bonds. The van der Waals surface area contributed by atoms with E-state index in [-0.39, 0.29) is 28.6 Å². The summed E-state index contributed by atoms with van der Waals surface area (Å²) in [5.41, 5.74) is -0.798. The number of rotatable bonds is 3. The molecule has 0 saturated carbocycles. The molecule has 2 aromatic heterocycles. The normalized spacial score (nSPS) is 10.6. The molecular formula is C14H10F2N6O2. The van der Waals surface area contributed by atoms with Gasteiger partial charge in [-0.05, 0) is 18.2 Å². The van der Waals surface area contributed by atoms with Gasteiger partial charge in [0.05, 0.1) is 5.56 Å². The van der Waals surface area contributed by atoms with Gasteiger partial charge in [-0.15, -0.1) is 5.10 Å². The number of amides is 1. The summed E-state index contributed by atoms with van der Waals surface area (Å²) in [6.45, 7) is 0. The highest BCUT2D eigenvalue weighted by atomic mass is 19.1. The monoisotopic (exact) mass is 332 g/mol. The largest absolute Gasteiger partial charge is 0.288 e. The molecule has 2 N–H and O–H groups in total. The van der Waals surface area contributed by atoms with Crippen molar-refractivity contribution in [3.05, 3.63) is 58.0 Å². The van der Waals surface area contributed by atoms with Crippen molar-refractivity contribution in [2.75, 3.05) is 5.32 Å². The standard InChI is InChI=1S/C14H10F2N6O2/c1-22-10(23)6-5-9(21-22)13(24)18-14-17-12(19-20-14)11-7(15)3-2-4-8(11)16/h2-6H,1H3,(H2,17,18,19,20,24). The molecular weight excluding hydrogens is 322 g/mol. The molecule has 3 aromatic rings. The van der Waals surface area contributed by atoms with Crippen molar-refractivity contribution in [1.82, 2.24) is 25.0 Å². The van der Waals surface area contributed by atoms with Gasteiger partial charge in [-0.3, -0.25) is 20.0 Å². The Balaban J connectivity index is 1.85. The molecule has 2 heterocycles. The number of H-pyrrole nitrogens is 1. The van der Waals surface area contributed by atoms with Gasteiger partial charge < -0.3 is 0 Å². The highest BCUT2D eigenvalue weighted by Gasteiger charge is 2.17. The first-order valence-electron chi connectivity index (χ1n) is 6.68. The Kier molecular flexibility index (Phi) is 3.86. The van der Waals surface area contributed by atoms with E-state index in [0.717, 1.165) is 16.8 Å². The number of hydrogen-bond acceptors (Lipinski definition) is 5. The van der Waals surface area contributed by atoms with Crippen LogP contribution in [-0.2, 0) is 7.05 Å². The zero-order valence-corrected chi connectivity index (χ0v) is 12.2. The van der Waals surface area contributed by atoms with Crippen LogP contribution in [0.15, 0.2) is 35.1 Å². The Labute approximate surface area is 133 Å². The van der Waals surface area contributed by atoms with Crippen molar-refractivity contribution in [3.63, 3.8) is 0 Å². The first-order chi connectivity index (χ1) is 11.5. The van der Waals surface area contributed by atoms with Gasteiger partial charge in [-0.2, -0.15) is 10.1 Å². The number of nitrogens with zero attached hydrogens (tertiary/aromatic N) is 4. The summed E-state index contributed by atoms with van der Waals surface area (Å²) in [4.78, 5) is 27.1. The van der Waals surface area contributed by atoms with Crippen molar-refractivity contribution in [1.29, 1.82) is 0 Å². The molecule has 0 unspecified atom stereocenters. The van der Waals surface area contributed by atoms with Crippen molar-refractivity contribution in [2.45, 2.75) is 0 Å². The fraction of sp³-hybridized carbons (Fsp3) is 0.0714. The van der Waals surface area contributed by atoms with E-state index in [9.17, 15) is 18.4 Å². The summed E-state index contributed by atoms with van der Waals surface area (Å²) < 4.78 is 28.4. The number of carbonyl (C=O) groups is 1. The molecule has 24 heavy (non-hydrogen) atoms. The summed E-state index contributed by atoms with van der Waals surface area (Å²) in [5, 5.41) is 12.1. The van der Waals surface area contributed by atoms with E-state index in [1.165, 1.54) is 25.2 Å². The maximum atomic E-state index is 13.7. The minimum absolute atomic E-state index is 0.0412. The van der Waals surface area contributed by atoms with Gasteiger partial charge in [0.25, 0.3) is 11.5 Å². The van der Waals surface area contributed by atoms with Crippen LogP contribution in [0.2, 0.25) is 0 Å². The third kappa shape index (κ3) is 2.89. The number of aryl methyl sites for hydroxylation is 1. The van der Waals surface area contributed by atoms with E-state index in [2.05, 4.69) is 25.6 Å². The minimum atomic E-state index is -0.816. The van der Waals surface area contributed by atoms with Gasteiger partial charge in [0.2, 0.25) is 5.95 Å². The molecule has 0 aliphatic heterocycles. The van der Waals surface area contributed by atoms with Crippen LogP contribution < -0.4 is 10.9 Å². The second-order valence-electron chi connectivity index (χ2n) is 4.74. The van der Waals surface area contributed by atoms with Crippen molar-refractivity contribution < 1.29 is 13.6 Å². The van der Waals surface area contributed by atoms with Crippen molar-refractivity contribution in [2.24, 2.45) is 7.05 Å². The van der Waals surface area contributed by atoms with E-state index in [1.54, 1.807) is 0 Å². The molecule has 1 aromatic carbocycles. The van der Waals surface area contributed by atoms with Crippen LogP contribution in [0.25, 0.3) is 11.4 Å². The van der Waals surface area contributed by atoms with Crippen LogP contribution in [0, 0.1) is 11.6 Å². The third-order valence-electron chi connectivity index (χ3n) is 3.10. The molecule has 0 aliphatic rings. The highest BCUT2D eigenvalue weighted by molar-refractivity contribution is 6.01. The van der Waals surface area contributed by atoms with Crippen LogP contribution in [-0.4, -0.2) is 30.9 Å². The second-order valence-corrected chi connectivity index (χ2v) is 4.74. The molecule has 0 spiro atoms. The Morgan fingerprint density at radius 1 is 1.21 bits per heavy atom. The summed E-state index contributed by atoms with van der Waals surface area (Å²) >= 11 is 0. The summed E-state index contributed by atoms with van der Waals surface area (Å²) in [5.74, 6) is -2.67. The zero-order valence-electron chi connectivity index (χ0n) is 12.2. The molecule has 0 atom stereocenters. The first-order valence-corrected chi connectivity index (χ1v) is 6.68. The molecule has 0 aliphatic carbocycles. The molecule has 8 nitrogen and oxygen atoms in total. The molecule has 0 fully saturated rings. The van der Waals surface area contributed by atoms with E-state index in [1.807, 2.05) is 0 Å². The lowest BCUT2D eigenvalue weighted by Crippen LogP contribution is -2.23. The predicted octanol–water partition coefficient (Wildman–Crippen LogP) is 1.10. The van der Waals surface area contributed by atoms with Crippen LogP contribution in [0.5, 0.6) is 0 Å². The maximum Gasteiger partial charge on any atom is 0.278 e. The van der Waals surface area contributed by atoms with E-state index >= 15 is 0 Å². The number of aromatic amines is 1. The SMILES string of the molecule is Cn1nc(C(=O)Nc2n[nH]c(-c3c(F)cccc3F)n2)ccc1=O. The average Bonchev–Trinajstić information content (AvgIpc) is 2.98. The number of anilines is 1. The predicted molar refractivity (Wildman–Crippen MR) is 79.2 cm³/mol. The second kappa shape index (κ2) is 5.99. The Morgan fingerprint density at radius 2 is 1.92 bits per heavy atom. The first kappa shape index (κ1) is 15.5. The van der Waals surface area contributed by atoms with E-state index in [0.29, 0.717) is 0 Å². The number of hydrogen-bond donors (Lipinski definition) is 2. The lowest BCUT2D eigenvalue weighted by molar-refractivity contribution is 0.101. The Bertz CT molecular complexity index is 961. The average molecular weight is 332 g/mol. The molecule has 0 radical (unpaired) electrons. The summed E-state index contributed by atoms with van der Waals surface area (Å²) in [6.07, 6.45) is 0. The minimum Gasteiger partial charge on any atom is -0.288 e. The molecule has 0 saturated heterocycles. The number of nitrogens with one attached hydrogen (secondary N) is 2. The fourth-order valence-corrected chi connectivity index (χ4v) is 1.94. The van der Waals surface area contributed by atoms with Gasteiger partial charge >= 0.3 is 0 Å². The quantitative estimate of drug-likeness (QED) is 0.747. The lowest BCUT2D eigenvalue weighted by atomic mass is 10.2. The maximum absolute atomic E-state index is 13.7. The van der Waals surface area contributed by atoms with Gasteiger partial charge in [0, 0.05) is 13.1 Å². The van der Waals surface area contributed by atoms with Gasteiger partial charge in [0.1, 0.15) is 17.3 Å². The van der Waals surface area contributed by atoms with Gasteiger partial charge in [-0.25, -0.2) is 13.5 Å². The number of halogens is 2. The highest BCUT2D eigenvalue weighted by Crippen LogP contribution is 2.23.